The molecule has 0 saturated carbocycles. The maximum atomic E-state index is 13.3. The van der Waals surface area contributed by atoms with Crippen LogP contribution in [0.1, 0.15) is 11.3 Å². The average Bonchev–Trinajstić information content (AvgIpc) is 2.73. The predicted molar refractivity (Wildman–Crippen MR) is 116 cm³/mol. The zero-order valence-corrected chi connectivity index (χ0v) is 19.2. The largest absolute Gasteiger partial charge is 0.433 e. The molecule has 0 atom stereocenters. The number of anilines is 1. The Kier molecular flexibility index (Phi) is 7.59. The maximum absolute atomic E-state index is 13.3. The lowest BCUT2D eigenvalue weighted by atomic mass is 10.1. The number of nitrogens with zero attached hydrogens (tertiary/aromatic N) is 2. The first-order chi connectivity index (χ1) is 15.3. The van der Waals surface area contributed by atoms with E-state index in [1.807, 2.05) is 0 Å². The van der Waals surface area contributed by atoms with Crippen molar-refractivity contribution in [2.24, 2.45) is 0 Å². The number of halogens is 8. The van der Waals surface area contributed by atoms with Crippen molar-refractivity contribution in [1.29, 1.82) is 0 Å². The summed E-state index contributed by atoms with van der Waals surface area (Å²) in [5.74, 6) is -1.26. The molecule has 0 unspecified atom stereocenters. The van der Waals surface area contributed by atoms with Gasteiger partial charge >= 0.3 is 12.4 Å². The fourth-order valence-corrected chi connectivity index (χ4v) is 3.60. The molecule has 3 rings (SSSR count). The van der Waals surface area contributed by atoms with E-state index in [2.05, 4.69) is 31.2 Å². The summed E-state index contributed by atoms with van der Waals surface area (Å²) in [5, 5.41) is 1.76. The van der Waals surface area contributed by atoms with E-state index >= 15 is 0 Å². The smallest absolute Gasteiger partial charge is 0.324 e. The van der Waals surface area contributed by atoms with Crippen molar-refractivity contribution in [3.8, 4) is 11.3 Å². The fourth-order valence-electron chi connectivity index (χ4n) is 2.52. The summed E-state index contributed by atoms with van der Waals surface area (Å²) in [7, 11) is 0. The van der Waals surface area contributed by atoms with Crippen molar-refractivity contribution in [3.63, 3.8) is 0 Å². The molecule has 0 fully saturated rings. The summed E-state index contributed by atoms with van der Waals surface area (Å²) in [6.07, 6.45) is -9.40. The standard InChI is InChI=1S/C20H11BrClF6N3OS/c21-12-4-1-10(2-5-12)14-8-16(20(26,27)28)31-18(30-14)33-9-17(32)29-15-7-11(19(23,24)25)3-6-13(15)22/h1-8H,9H2,(H,29,32). The molecule has 1 amide bonds. The third-order valence-electron chi connectivity index (χ3n) is 4.04. The number of alkyl halides is 6. The first-order valence-electron chi connectivity index (χ1n) is 8.84. The van der Waals surface area contributed by atoms with Crippen LogP contribution in [0.15, 0.2) is 58.2 Å². The number of thioether (sulfide) groups is 1. The molecule has 0 spiro atoms. The summed E-state index contributed by atoms with van der Waals surface area (Å²) in [4.78, 5) is 19.7. The number of carbonyl (C=O) groups excluding carboxylic acids is 1. The number of amides is 1. The van der Waals surface area contributed by atoms with Crippen molar-refractivity contribution >= 4 is 50.9 Å². The number of carbonyl (C=O) groups is 1. The molecule has 1 N–H and O–H groups in total. The minimum atomic E-state index is -4.75. The minimum Gasteiger partial charge on any atom is -0.324 e. The Morgan fingerprint density at radius 2 is 1.64 bits per heavy atom. The molecule has 2 aromatic carbocycles. The normalized spacial score (nSPS) is 12.0. The quantitative estimate of drug-likeness (QED) is 0.198. The molecule has 0 aliphatic rings. The topological polar surface area (TPSA) is 54.9 Å². The lowest BCUT2D eigenvalue weighted by Crippen LogP contribution is -2.16. The summed E-state index contributed by atoms with van der Waals surface area (Å²) in [6.45, 7) is 0. The Balaban J connectivity index is 1.80. The molecule has 1 aromatic heterocycles. The molecule has 3 aromatic rings. The number of hydrogen-bond donors (Lipinski definition) is 1. The van der Waals surface area contributed by atoms with E-state index in [9.17, 15) is 31.1 Å². The molecule has 33 heavy (non-hydrogen) atoms. The summed E-state index contributed by atoms with van der Waals surface area (Å²) >= 11 is 9.67. The van der Waals surface area contributed by atoms with Crippen LogP contribution in [0.25, 0.3) is 11.3 Å². The van der Waals surface area contributed by atoms with Crippen molar-refractivity contribution in [2.45, 2.75) is 17.5 Å². The van der Waals surface area contributed by atoms with E-state index in [1.54, 1.807) is 24.3 Å². The monoisotopic (exact) mass is 569 g/mol. The third-order valence-corrected chi connectivity index (χ3v) is 5.74. The number of hydrogen-bond acceptors (Lipinski definition) is 4. The second kappa shape index (κ2) is 9.90. The average molecular weight is 571 g/mol. The van der Waals surface area contributed by atoms with Gasteiger partial charge in [-0.15, -0.1) is 0 Å². The van der Waals surface area contributed by atoms with Gasteiger partial charge in [0, 0.05) is 10.0 Å². The van der Waals surface area contributed by atoms with Gasteiger partial charge in [0.05, 0.1) is 27.7 Å². The van der Waals surface area contributed by atoms with Gasteiger partial charge in [-0.2, -0.15) is 26.3 Å². The van der Waals surface area contributed by atoms with Gasteiger partial charge in [0.2, 0.25) is 5.91 Å². The van der Waals surface area contributed by atoms with Crippen LogP contribution in [-0.2, 0) is 17.1 Å². The fraction of sp³-hybridized carbons (Fsp3) is 0.150. The minimum absolute atomic E-state index is 0.00587. The lowest BCUT2D eigenvalue weighted by Gasteiger charge is -2.12. The Morgan fingerprint density at radius 3 is 2.24 bits per heavy atom. The van der Waals surface area contributed by atoms with Crippen LogP contribution >= 0.6 is 39.3 Å². The Bertz CT molecular complexity index is 1170. The van der Waals surface area contributed by atoms with Gasteiger partial charge in [0.1, 0.15) is 5.69 Å². The maximum Gasteiger partial charge on any atom is 0.433 e. The van der Waals surface area contributed by atoms with E-state index in [0.717, 1.165) is 22.7 Å². The second-order valence-electron chi connectivity index (χ2n) is 6.45. The first kappa shape index (κ1) is 25.3. The van der Waals surface area contributed by atoms with Crippen LogP contribution in [0.3, 0.4) is 0 Å². The number of aromatic nitrogens is 2. The Hall–Kier alpha value is -2.31. The molecule has 0 aliphatic carbocycles. The molecule has 0 bridgehead atoms. The summed E-state index contributed by atoms with van der Waals surface area (Å²) in [6, 6.07) is 9.56. The van der Waals surface area contributed by atoms with Crippen LogP contribution in [0.2, 0.25) is 5.02 Å². The highest BCUT2D eigenvalue weighted by Crippen LogP contribution is 2.35. The highest BCUT2D eigenvalue weighted by Gasteiger charge is 2.34. The van der Waals surface area contributed by atoms with E-state index in [-0.39, 0.29) is 21.6 Å². The lowest BCUT2D eigenvalue weighted by molar-refractivity contribution is -0.141. The van der Waals surface area contributed by atoms with E-state index < -0.39 is 35.3 Å². The SMILES string of the molecule is O=C(CSc1nc(-c2ccc(Br)cc2)cc(C(F)(F)F)n1)Nc1cc(C(F)(F)F)ccc1Cl. The Labute approximate surface area is 200 Å². The highest BCUT2D eigenvalue weighted by atomic mass is 79.9. The second-order valence-corrected chi connectivity index (χ2v) is 8.72. The van der Waals surface area contributed by atoms with Crippen molar-refractivity contribution < 1.29 is 31.1 Å². The van der Waals surface area contributed by atoms with Gasteiger partial charge in [-0.1, -0.05) is 51.4 Å². The highest BCUT2D eigenvalue weighted by molar-refractivity contribution is 9.10. The Morgan fingerprint density at radius 1 is 0.970 bits per heavy atom. The third kappa shape index (κ3) is 6.84. The van der Waals surface area contributed by atoms with Gasteiger partial charge < -0.3 is 5.32 Å². The van der Waals surface area contributed by atoms with Crippen molar-refractivity contribution in [3.05, 3.63) is 69.3 Å². The van der Waals surface area contributed by atoms with Crippen LogP contribution in [0, 0.1) is 0 Å². The van der Waals surface area contributed by atoms with Crippen molar-refractivity contribution in [2.75, 3.05) is 11.1 Å². The van der Waals surface area contributed by atoms with E-state index in [0.29, 0.717) is 23.4 Å². The van der Waals surface area contributed by atoms with Crippen LogP contribution in [0.4, 0.5) is 32.0 Å². The zero-order valence-electron chi connectivity index (χ0n) is 16.1. The van der Waals surface area contributed by atoms with Gasteiger partial charge in [-0.25, -0.2) is 9.97 Å². The number of nitrogens with one attached hydrogen (secondary N) is 1. The molecule has 0 aliphatic heterocycles. The predicted octanol–water partition coefficient (Wildman–Crippen LogP) is 7.33. The van der Waals surface area contributed by atoms with Crippen LogP contribution < -0.4 is 5.32 Å². The number of benzene rings is 2. The van der Waals surface area contributed by atoms with Gasteiger partial charge in [-0.3, -0.25) is 4.79 Å². The molecule has 174 valence electrons. The molecule has 0 radical (unpaired) electrons. The number of rotatable bonds is 5. The van der Waals surface area contributed by atoms with Gasteiger partial charge in [0.25, 0.3) is 0 Å². The van der Waals surface area contributed by atoms with E-state index in [4.69, 9.17) is 11.6 Å². The summed E-state index contributed by atoms with van der Waals surface area (Å²) < 4.78 is 79.2. The van der Waals surface area contributed by atoms with Crippen LogP contribution in [-0.4, -0.2) is 21.6 Å². The summed E-state index contributed by atoms with van der Waals surface area (Å²) in [5.41, 5.74) is -2.10. The molecular formula is C20H11BrClF6N3OS. The molecule has 13 heteroatoms. The molecule has 1 heterocycles. The molecular weight excluding hydrogens is 560 g/mol. The van der Waals surface area contributed by atoms with Gasteiger partial charge in [0.15, 0.2) is 5.16 Å². The molecule has 0 saturated heterocycles. The van der Waals surface area contributed by atoms with Crippen molar-refractivity contribution in [1.82, 2.24) is 9.97 Å². The van der Waals surface area contributed by atoms with Gasteiger partial charge in [-0.05, 0) is 36.4 Å². The first-order valence-corrected chi connectivity index (χ1v) is 11.0. The van der Waals surface area contributed by atoms with E-state index in [1.165, 1.54) is 0 Å². The van der Waals surface area contributed by atoms with Crippen LogP contribution in [0.5, 0.6) is 0 Å². The zero-order chi connectivity index (χ0) is 24.4. The molecule has 4 nitrogen and oxygen atoms in total.